The molecule has 0 amide bonds. The smallest absolute Gasteiger partial charge is 0.179 e. The number of nitrogens with one attached hydrogen (secondary N) is 1. The molecule has 2 unspecified atom stereocenters. The molecule has 0 bridgehead atoms. The van der Waals surface area contributed by atoms with Gasteiger partial charge in [0.05, 0.1) is 7.11 Å². The number of aliphatic imine (C=N–C) groups is 2. The summed E-state index contributed by atoms with van der Waals surface area (Å²) in [5.74, 6) is 1.96. The van der Waals surface area contributed by atoms with E-state index in [2.05, 4.69) is 34.6 Å². The molecule has 0 aromatic heterocycles. The van der Waals surface area contributed by atoms with Gasteiger partial charge in [0.2, 0.25) is 0 Å². The number of amidine groups is 1. The minimum absolute atomic E-state index is 0.169. The number of hydrogen-bond acceptors (Lipinski definition) is 7. The van der Waals surface area contributed by atoms with E-state index in [1.165, 1.54) is 0 Å². The minimum Gasteiger partial charge on any atom is -0.497 e. The lowest BCUT2D eigenvalue weighted by Gasteiger charge is -2.19. The summed E-state index contributed by atoms with van der Waals surface area (Å²) in [5.41, 5.74) is 5.02. The molecule has 0 radical (unpaired) electrons. The normalized spacial score (nSPS) is 23.9. The predicted octanol–water partition coefficient (Wildman–Crippen LogP) is 4.16. The minimum atomic E-state index is -0.413. The number of thioether (sulfide) groups is 1. The molecular formula is C20H26N4O2S. The molecule has 2 aliphatic rings. The summed E-state index contributed by atoms with van der Waals surface area (Å²) in [6, 6.07) is 7.81. The average Bonchev–Trinajstić information content (AvgIpc) is 2.75. The van der Waals surface area contributed by atoms with Gasteiger partial charge in [-0.15, -0.1) is 0 Å². The molecule has 0 fully saturated rings. The van der Waals surface area contributed by atoms with Crippen LogP contribution < -0.4 is 10.2 Å². The van der Waals surface area contributed by atoms with Crippen LogP contribution in [0.2, 0.25) is 0 Å². The lowest BCUT2D eigenvalue weighted by atomic mass is 9.93. The second kappa shape index (κ2) is 10.3. The Labute approximate surface area is 164 Å². The SMILES string of the molecule is CCCSC1=NCOC(c2ccc(OC)cc2)N=C2C=CCCC2/C=N\N1. The van der Waals surface area contributed by atoms with E-state index in [1.807, 2.05) is 30.5 Å². The van der Waals surface area contributed by atoms with Crippen molar-refractivity contribution in [3.05, 3.63) is 42.0 Å². The Hall–Kier alpha value is -2.12. The van der Waals surface area contributed by atoms with Crippen LogP contribution in [0.25, 0.3) is 0 Å². The molecule has 0 saturated heterocycles. The van der Waals surface area contributed by atoms with E-state index in [0.717, 1.165) is 47.2 Å². The molecule has 7 heteroatoms. The molecule has 144 valence electrons. The number of rotatable bonds is 4. The maximum absolute atomic E-state index is 6.03. The van der Waals surface area contributed by atoms with Crippen molar-refractivity contribution in [3.63, 3.8) is 0 Å². The first-order chi connectivity index (χ1) is 13.3. The van der Waals surface area contributed by atoms with E-state index in [0.29, 0.717) is 0 Å². The number of allylic oxidation sites excluding steroid dienone is 2. The van der Waals surface area contributed by atoms with Gasteiger partial charge in [0, 0.05) is 29.2 Å². The summed E-state index contributed by atoms with van der Waals surface area (Å²) in [6.45, 7) is 2.36. The summed E-state index contributed by atoms with van der Waals surface area (Å²) in [4.78, 5) is 9.40. The van der Waals surface area contributed by atoms with Crippen LogP contribution in [0.3, 0.4) is 0 Å². The maximum atomic E-state index is 6.03. The van der Waals surface area contributed by atoms with Gasteiger partial charge < -0.3 is 9.47 Å². The fraction of sp³-hybridized carbons (Fsp3) is 0.450. The molecule has 1 heterocycles. The number of fused-ring (bicyclic) bond motifs is 1. The topological polar surface area (TPSA) is 67.6 Å². The third kappa shape index (κ3) is 5.68. The van der Waals surface area contributed by atoms with Gasteiger partial charge >= 0.3 is 0 Å². The highest BCUT2D eigenvalue weighted by Gasteiger charge is 2.19. The summed E-state index contributed by atoms with van der Waals surface area (Å²) in [5, 5.41) is 5.17. The lowest BCUT2D eigenvalue weighted by molar-refractivity contribution is 0.0650. The van der Waals surface area contributed by atoms with Crippen LogP contribution in [0.1, 0.15) is 38.0 Å². The standard InChI is InChI=1S/C20H26N4O2S/c1-3-12-27-20-21-14-26-19(15-8-10-17(25-2)11-9-15)23-18-7-5-4-6-16(18)13-22-24-20/h5,7-11,13,16,19H,3-4,6,12,14H2,1-2H3,(H,21,24)/b22-13-,23-18?. The van der Waals surface area contributed by atoms with Gasteiger partial charge in [-0.2, -0.15) is 5.10 Å². The van der Waals surface area contributed by atoms with Crippen molar-refractivity contribution in [1.29, 1.82) is 0 Å². The largest absolute Gasteiger partial charge is 0.497 e. The zero-order chi connectivity index (χ0) is 18.9. The molecule has 1 aliphatic heterocycles. The molecule has 3 rings (SSSR count). The van der Waals surface area contributed by atoms with Crippen LogP contribution in [0.15, 0.2) is 51.5 Å². The second-order valence-corrected chi connectivity index (χ2v) is 7.35. The van der Waals surface area contributed by atoms with Gasteiger partial charge in [0.25, 0.3) is 0 Å². The molecule has 0 spiro atoms. The first-order valence-electron chi connectivity index (χ1n) is 9.26. The summed E-state index contributed by atoms with van der Waals surface area (Å²) < 4.78 is 11.3. The van der Waals surface area contributed by atoms with E-state index in [4.69, 9.17) is 14.5 Å². The third-order valence-corrected chi connectivity index (χ3v) is 5.38. The Bertz CT molecular complexity index is 728. The van der Waals surface area contributed by atoms with E-state index < -0.39 is 6.23 Å². The quantitative estimate of drug-likeness (QED) is 0.844. The number of nitrogens with zero attached hydrogens (tertiary/aromatic N) is 3. The van der Waals surface area contributed by atoms with Crippen molar-refractivity contribution in [2.24, 2.45) is 21.0 Å². The van der Waals surface area contributed by atoms with Crippen LogP contribution in [-0.4, -0.2) is 36.7 Å². The van der Waals surface area contributed by atoms with Crippen molar-refractivity contribution in [3.8, 4) is 5.75 Å². The first-order valence-corrected chi connectivity index (χ1v) is 10.2. The monoisotopic (exact) mass is 386 g/mol. The number of benzene rings is 1. The summed E-state index contributed by atoms with van der Waals surface area (Å²) in [7, 11) is 1.66. The van der Waals surface area contributed by atoms with Crippen LogP contribution in [0.4, 0.5) is 0 Å². The van der Waals surface area contributed by atoms with Crippen molar-refractivity contribution in [2.45, 2.75) is 32.4 Å². The second-order valence-electron chi connectivity index (χ2n) is 6.26. The zero-order valence-corrected chi connectivity index (χ0v) is 16.6. The Balaban J connectivity index is 1.88. The summed E-state index contributed by atoms with van der Waals surface area (Å²) >= 11 is 1.65. The highest BCUT2D eigenvalue weighted by molar-refractivity contribution is 8.13. The Morgan fingerprint density at radius 3 is 2.93 bits per heavy atom. The molecule has 0 saturated carbocycles. The van der Waals surface area contributed by atoms with Crippen LogP contribution >= 0.6 is 11.8 Å². The Morgan fingerprint density at radius 2 is 2.15 bits per heavy atom. The van der Waals surface area contributed by atoms with Crippen LogP contribution in [-0.2, 0) is 4.74 Å². The fourth-order valence-electron chi connectivity index (χ4n) is 2.81. The van der Waals surface area contributed by atoms with Crippen molar-refractivity contribution in [2.75, 3.05) is 19.6 Å². The average molecular weight is 387 g/mol. The van der Waals surface area contributed by atoms with Gasteiger partial charge in [-0.1, -0.05) is 36.9 Å². The van der Waals surface area contributed by atoms with E-state index in [1.54, 1.807) is 18.9 Å². The molecule has 2 atom stereocenters. The van der Waals surface area contributed by atoms with E-state index in [-0.39, 0.29) is 12.6 Å². The molecule has 1 N–H and O–H groups in total. The number of hydrazone groups is 1. The highest BCUT2D eigenvalue weighted by atomic mass is 32.2. The molecule has 1 aromatic rings. The summed E-state index contributed by atoms with van der Waals surface area (Å²) in [6.07, 6.45) is 8.83. The fourth-order valence-corrected chi connectivity index (χ4v) is 3.47. The van der Waals surface area contributed by atoms with Crippen LogP contribution in [0.5, 0.6) is 5.75 Å². The van der Waals surface area contributed by atoms with Crippen molar-refractivity contribution >= 4 is 28.9 Å². The predicted molar refractivity (Wildman–Crippen MR) is 113 cm³/mol. The van der Waals surface area contributed by atoms with Gasteiger partial charge in [-0.3, -0.25) is 10.4 Å². The third-order valence-electron chi connectivity index (χ3n) is 4.28. The van der Waals surface area contributed by atoms with E-state index >= 15 is 0 Å². The zero-order valence-electron chi connectivity index (χ0n) is 15.8. The number of hydrogen-bond donors (Lipinski definition) is 1. The van der Waals surface area contributed by atoms with Crippen LogP contribution in [0, 0.1) is 5.92 Å². The van der Waals surface area contributed by atoms with Crippen molar-refractivity contribution < 1.29 is 9.47 Å². The Morgan fingerprint density at radius 1 is 1.30 bits per heavy atom. The lowest BCUT2D eigenvalue weighted by Crippen LogP contribution is -2.21. The first kappa shape index (κ1) is 19.6. The number of methoxy groups -OCH3 is 1. The maximum Gasteiger partial charge on any atom is 0.179 e. The van der Waals surface area contributed by atoms with E-state index in [9.17, 15) is 0 Å². The number of ether oxygens (including phenoxy) is 2. The van der Waals surface area contributed by atoms with Gasteiger partial charge in [0.1, 0.15) is 12.5 Å². The molecule has 1 aromatic carbocycles. The van der Waals surface area contributed by atoms with Gasteiger partial charge in [-0.05, 0) is 37.5 Å². The Kier molecular flexibility index (Phi) is 7.47. The van der Waals surface area contributed by atoms with Crippen molar-refractivity contribution in [1.82, 2.24) is 5.43 Å². The molecular weight excluding hydrogens is 360 g/mol. The molecule has 1 aliphatic carbocycles. The molecule has 27 heavy (non-hydrogen) atoms. The highest BCUT2D eigenvalue weighted by Crippen LogP contribution is 2.25. The van der Waals surface area contributed by atoms with Gasteiger partial charge in [-0.25, -0.2) is 4.99 Å². The molecule has 6 nitrogen and oxygen atoms in total. The van der Waals surface area contributed by atoms with Gasteiger partial charge in [0.15, 0.2) is 11.4 Å².